The summed E-state index contributed by atoms with van der Waals surface area (Å²) in [5.74, 6) is 0. The maximum Gasteiger partial charge on any atom is 0.345 e. The topological polar surface area (TPSA) is 91.8 Å². The van der Waals surface area contributed by atoms with Crippen molar-refractivity contribution >= 4 is 18.1 Å². The highest BCUT2D eigenvalue weighted by molar-refractivity contribution is 5.98. The number of aliphatic imine (C=N–C) groups is 1. The van der Waals surface area contributed by atoms with Gasteiger partial charge in [0.25, 0.3) is 0 Å². The van der Waals surface area contributed by atoms with Gasteiger partial charge < -0.3 is 15.4 Å². The Morgan fingerprint density at radius 2 is 1.48 bits per heavy atom. The number of methoxy groups -OCH3 is 1. The Labute approximate surface area is 124 Å². The van der Waals surface area contributed by atoms with Crippen molar-refractivity contribution in [3.8, 4) is 0 Å². The molecule has 0 saturated heterocycles. The third kappa shape index (κ3) is 5.24. The summed E-state index contributed by atoms with van der Waals surface area (Å²) >= 11 is 0. The molecule has 0 bridgehead atoms. The first-order valence-electron chi connectivity index (χ1n) is 7.68. The van der Waals surface area contributed by atoms with Crippen LogP contribution in [-0.2, 0) is 4.74 Å². The SMILES string of the molecule is COC(=NC(=O)NC1CCCC1)NC(=O)NC1CCCC1. The summed E-state index contributed by atoms with van der Waals surface area (Å²) in [5, 5.41) is 8.13. The van der Waals surface area contributed by atoms with E-state index in [2.05, 4.69) is 20.9 Å². The lowest BCUT2D eigenvalue weighted by Crippen LogP contribution is -2.45. The molecule has 0 aromatic heterocycles. The number of hydrogen-bond acceptors (Lipinski definition) is 3. The average Bonchev–Trinajstić information content (AvgIpc) is 3.11. The van der Waals surface area contributed by atoms with Crippen molar-refractivity contribution < 1.29 is 14.3 Å². The van der Waals surface area contributed by atoms with Crippen molar-refractivity contribution in [3.63, 3.8) is 0 Å². The Kier molecular flexibility index (Phi) is 5.83. The van der Waals surface area contributed by atoms with Crippen molar-refractivity contribution in [3.05, 3.63) is 0 Å². The Hall–Kier alpha value is -1.79. The second-order valence-corrected chi connectivity index (χ2v) is 5.63. The first kappa shape index (κ1) is 15.6. The highest BCUT2D eigenvalue weighted by Gasteiger charge is 2.19. The predicted octanol–water partition coefficient (Wildman–Crippen LogP) is 1.88. The molecule has 0 aromatic carbocycles. The number of rotatable bonds is 2. The molecule has 0 atom stereocenters. The van der Waals surface area contributed by atoms with Crippen molar-refractivity contribution in [1.29, 1.82) is 0 Å². The zero-order valence-corrected chi connectivity index (χ0v) is 12.5. The minimum absolute atomic E-state index is 0.0824. The van der Waals surface area contributed by atoms with Gasteiger partial charge in [0, 0.05) is 12.1 Å². The minimum Gasteiger partial charge on any atom is -0.468 e. The smallest absolute Gasteiger partial charge is 0.345 e. The highest BCUT2D eigenvalue weighted by Crippen LogP contribution is 2.18. The fourth-order valence-corrected chi connectivity index (χ4v) is 2.88. The first-order chi connectivity index (χ1) is 10.2. The second kappa shape index (κ2) is 7.85. The van der Waals surface area contributed by atoms with E-state index in [0.29, 0.717) is 0 Å². The fourth-order valence-electron chi connectivity index (χ4n) is 2.88. The summed E-state index contributed by atoms with van der Waals surface area (Å²) in [5.41, 5.74) is 0. The highest BCUT2D eigenvalue weighted by atomic mass is 16.5. The number of carbonyl (C=O) groups excluding carboxylic acids is 2. The van der Waals surface area contributed by atoms with Gasteiger partial charge in [-0.05, 0) is 25.7 Å². The van der Waals surface area contributed by atoms with E-state index in [9.17, 15) is 9.59 Å². The summed E-state index contributed by atoms with van der Waals surface area (Å²) in [7, 11) is 1.37. The van der Waals surface area contributed by atoms with Crippen LogP contribution in [0.15, 0.2) is 4.99 Å². The van der Waals surface area contributed by atoms with Gasteiger partial charge in [0.2, 0.25) is 0 Å². The van der Waals surface area contributed by atoms with Crippen molar-refractivity contribution in [2.75, 3.05) is 7.11 Å². The largest absolute Gasteiger partial charge is 0.468 e. The molecular formula is C14H24N4O3. The number of urea groups is 2. The molecule has 0 heterocycles. The molecule has 0 spiro atoms. The number of amides is 4. The third-order valence-electron chi connectivity index (χ3n) is 3.99. The van der Waals surface area contributed by atoms with Crippen molar-refractivity contribution in [1.82, 2.24) is 16.0 Å². The van der Waals surface area contributed by atoms with Crippen LogP contribution >= 0.6 is 0 Å². The summed E-state index contributed by atoms with van der Waals surface area (Å²) < 4.78 is 4.94. The van der Waals surface area contributed by atoms with Gasteiger partial charge in [-0.25, -0.2) is 9.59 Å². The van der Waals surface area contributed by atoms with E-state index in [1.807, 2.05) is 0 Å². The van der Waals surface area contributed by atoms with Crippen LogP contribution < -0.4 is 16.0 Å². The molecule has 0 aromatic rings. The van der Waals surface area contributed by atoms with Gasteiger partial charge in [0.1, 0.15) is 0 Å². The van der Waals surface area contributed by atoms with Crippen LogP contribution in [0.2, 0.25) is 0 Å². The number of carbonyl (C=O) groups is 2. The van der Waals surface area contributed by atoms with E-state index in [1.165, 1.54) is 7.11 Å². The van der Waals surface area contributed by atoms with E-state index in [4.69, 9.17) is 4.74 Å². The average molecular weight is 296 g/mol. The lowest BCUT2D eigenvalue weighted by atomic mass is 10.2. The molecule has 2 saturated carbocycles. The molecule has 2 aliphatic rings. The number of nitrogens with one attached hydrogen (secondary N) is 3. The molecule has 2 fully saturated rings. The van der Waals surface area contributed by atoms with Gasteiger partial charge in [-0.1, -0.05) is 25.7 Å². The molecule has 118 valence electrons. The summed E-state index contributed by atoms with van der Waals surface area (Å²) in [6, 6.07) is -0.542. The van der Waals surface area contributed by atoms with E-state index >= 15 is 0 Å². The van der Waals surface area contributed by atoms with Crippen molar-refractivity contribution in [2.24, 2.45) is 4.99 Å². The van der Waals surface area contributed by atoms with Crippen LogP contribution in [-0.4, -0.2) is 37.3 Å². The first-order valence-corrected chi connectivity index (χ1v) is 7.68. The lowest BCUT2D eigenvalue weighted by Gasteiger charge is -2.14. The van der Waals surface area contributed by atoms with Crippen LogP contribution in [0, 0.1) is 0 Å². The number of hydrogen-bond donors (Lipinski definition) is 3. The lowest BCUT2D eigenvalue weighted by molar-refractivity contribution is 0.237. The molecule has 2 rings (SSSR count). The number of amidine groups is 1. The van der Waals surface area contributed by atoms with Crippen LogP contribution in [0.25, 0.3) is 0 Å². The maximum absolute atomic E-state index is 11.8. The summed E-state index contributed by atoms with van der Waals surface area (Å²) in [6.45, 7) is 0. The molecule has 0 aliphatic heterocycles. The maximum atomic E-state index is 11.8. The predicted molar refractivity (Wildman–Crippen MR) is 79.2 cm³/mol. The molecule has 21 heavy (non-hydrogen) atoms. The summed E-state index contributed by atoms with van der Waals surface area (Å²) in [6.07, 6.45) is 8.50. The molecule has 0 radical (unpaired) electrons. The van der Waals surface area contributed by atoms with Crippen LogP contribution in [0.1, 0.15) is 51.4 Å². The molecule has 7 heteroatoms. The van der Waals surface area contributed by atoms with Gasteiger partial charge in [0.05, 0.1) is 7.11 Å². The van der Waals surface area contributed by atoms with E-state index in [1.54, 1.807) is 0 Å². The van der Waals surface area contributed by atoms with Crippen molar-refractivity contribution in [2.45, 2.75) is 63.5 Å². The zero-order valence-electron chi connectivity index (χ0n) is 12.5. The second-order valence-electron chi connectivity index (χ2n) is 5.63. The molecule has 0 unspecified atom stereocenters. The number of ether oxygens (including phenoxy) is 1. The standard InChI is InChI=1S/C14H24N4O3/c1-21-14(17-12(19)15-10-6-2-3-7-10)18-13(20)16-11-8-4-5-9-11/h10-11H,2-9H2,1H3,(H3,15,16,17,18,19,20). The monoisotopic (exact) mass is 296 g/mol. The Balaban J connectivity index is 1.78. The summed E-state index contributed by atoms with van der Waals surface area (Å²) in [4.78, 5) is 27.3. The fraction of sp³-hybridized carbons (Fsp3) is 0.786. The quantitative estimate of drug-likeness (QED) is 0.536. The van der Waals surface area contributed by atoms with Gasteiger partial charge in [-0.3, -0.25) is 5.32 Å². The van der Waals surface area contributed by atoms with Gasteiger partial charge in [0.15, 0.2) is 0 Å². The zero-order chi connectivity index (χ0) is 15.1. The minimum atomic E-state index is -0.472. The van der Waals surface area contributed by atoms with Crippen LogP contribution in [0.4, 0.5) is 9.59 Å². The molecular weight excluding hydrogens is 272 g/mol. The Morgan fingerprint density at radius 1 is 0.952 bits per heavy atom. The third-order valence-corrected chi connectivity index (χ3v) is 3.99. The van der Waals surface area contributed by atoms with Gasteiger partial charge in [-0.2, -0.15) is 0 Å². The Bertz CT molecular complexity index is 399. The van der Waals surface area contributed by atoms with E-state index in [0.717, 1.165) is 51.4 Å². The molecule has 4 amide bonds. The molecule has 7 nitrogen and oxygen atoms in total. The van der Waals surface area contributed by atoms with Gasteiger partial charge in [-0.15, -0.1) is 4.99 Å². The number of nitrogens with zero attached hydrogens (tertiary/aromatic N) is 1. The van der Waals surface area contributed by atoms with E-state index < -0.39 is 6.03 Å². The molecule has 2 aliphatic carbocycles. The van der Waals surface area contributed by atoms with Crippen LogP contribution in [0.5, 0.6) is 0 Å². The Morgan fingerprint density at radius 3 is 2.00 bits per heavy atom. The van der Waals surface area contributed by atoms with E-state index in [-0.39, 0.29) is 24.1 Å². The van der Waals surface area contributed by atoms with Gasteiger partial charge >= 0.3 is 18.1 Å². The normalized spacial score (nSPS) is 20.3. The molecule has 3 N–H and O–H groups in total. The van der Waals surface area contributed by atoms with Crippen LogP contribution in [0.3, 0.4) is 0 Å².